The Bertz CT molecular complexity index is 702. The average molecular weight is 698 g/mol. The number of benzene rings is 2. The lowest BCUT2D eigenvalue weighted by Gasteiger charge is -2.09. The van der Waals surface area contributed by atoms with Gasteiger partial charge in [0.1, 0.15) is 0 Å². The molecule has 2 rings (SSSR count). The summed E-state index contributed by atoms with van der Waals surface area (Å²) in [6.45, 7) is 0. The van der Waals surface area contributed by atoms with Crippen molar-refractivity contribution >= 4 is 107 Å². The molecule has 8 heteroatoms. The molecular weight excluding hydrogens is 692 g/mol. The number of hydrogen-bond acceptors (Lipinski definition) is 2. The number of carbonyl (C=O) groups excluding carboxylic acids is 2. The molecule has 0 heterocycles. The zero-order chi connectivity index (χ0) is 17.3. The smallest absolute Gasteiger partial charge is 0.172 e. The highest BCUT2D eigenvalue weighted by atomic mass is 79.9. The molecule has 120 valence electrons. The molecule has 0 aliphatic carbocycles. The number of halogens is 6. The summed E-state index contributed by atoms with van der Waals surface area (Å²) in [5, 5.41) is 0. The van der Waals surface area contributed by atoms with Gasteiger partial charge in [-0.1, -0.05) is 31.9 Å². The number of Topliss-reactive ketones (excluding diaryl/α,β-unsaturated/α-hetero) is 2. The first-order valence-electron chi connectivity index (χ1n) is 6.06. The molecule has 0 atom stereocenters. The van der Waals surface area contributed by atoms with Crippen LogP contribution in [0.3, 0.4) is 0 Å². The maximum atomic E-state index is 12.5. The van der Waals surface area contributed by atoms with Gasteiger partial charge in [0.2, 0.25) is 0 Å². The van der Waals surface area contributed by atoms with Gasteiger partial charge >= 0.3 is 0 Å². The van der Waals surface area contributed by atoms with E-state index in [4.69, 9.17) is 0 Å². The number of ketones is 2. The number of carbonyl (C=O) groups is 2. The monoisotopic (exact) mass is 692 g/mol. The average Bonchev–Trinajstić information content (AvgIpc) is 2.35. The summed E-state index contributed by atoms with van der Waals surface area (Å²) in [7, 11) is 0. The summed E-state index contributed by atoms with van der Waals surface area (Å²) in [5.41, 5.74) is 0.900. The van der Waals surface area contributed by atoms with Crippen LogP contribution < -0.4 is 0 Å². The van der Waals surface area contributed by atoms with E-state index in [0.29, 0.717) is 29.0 Å². The molecule has 0 bridgehead atoms. The normalized spacial score (nSPS) is 10.7. The van der Waals surface area contributed by atoms with E-state index in [9.17, 15) is 9.59 Å². The molecule has 0 aromatic heterocycles. The van der Waals surface area contributed by atoms with Gasteiger partial charge in [-0.25, -0.2) is 0 Å². The second kappa shape index (κ2) is 8.36. The first kappa shape index (κ1) is 20.0. The Morgan fingerprint density at radius 2 is 0.870 bits per heavy atom. The van der Waals surface area contributed by atoms with Crippen molar-refractivity contribution in [2.75, 3.05) is 0 Å². The molecule has 0 fully saturated rings. The van der Waals surface area contributed by atoms with E-state index < -0.39 is 0 Å². The van der Waals surface area contributed by atoms with Gasteiger partial charge in [-0.3, -0.25) is 9.59 Å². The molecule has 0 aliphatic heterocycles. The Hall–Kier alpha value is 0.660. The molecule has 0 saturated heterocycles. The lowest BCUT2D eigenvalue weighted by Crippen LogP contribution is -2.11. The highest BCUT2D eigenvalue weighted by Crippen LogP contribution is 2.33. The first-order valence-corrected chi connectivity index (χ1v) is 10.8. The van der Waals surface area contributed by atoms with Crippen LogP contribution in [0.4, 0.5) is 0 Å². The Labute approximate surface area is 183 Å². The van der Waals surface area contributed by atoms with E-state index >= 15 is 0 Å². The van der Waals surface area contributed by atoms with Crippen LogP contribution in [0.15, 0.2) is 51.1 Å². The topological polar surface area (TPSA) is 34.1 Å². The third kappa shape index (κ3) is 4.85. The van der Waals surface area contributed by atoms with Crippen molar-refractivity contribution in [3.05, 3.63) is 62.2 Å². The zero-order valence-corrected chi connectivity index (χ0v) is 20.6. The molecule has 2 nitrogen and oxygen atoms in total. The molecule has 0 N–H and O–H groups in total. The standard InChI is InChI=1S/C15H6Br6O2/c16-6-1-8(18)14(9(19)2-6)12(22)5-13(23)15-10(20)3-7(17)4-11(15)21/h1-4H,5H2. The summed E-state index contributed by atoms with van der Waals surface area (Å²) >= 11 is 20.2. The summed E-state index contributed by atoms with van der Waals surface area (Å²) in [6.07, 6.45) is -0.225. The van der Waals surface area contributed by atoms with Crippen LogP contribution in [0.5, 0.6) is 0 Å². The minimum absolute atomic E-state index is 0.225. The van der Waals surface area contributed by atoms with Crippen molar-refractivity contribution in [3.8, 4) is 0 Å². The molecule has 0 amide bonds. The highest BCUT2D eigenvalue weighted by molar-refractivity contribution is 9.12. The molecule has 0 radical (unpaired) electrons. The van der Waals surface area contributed by atoms with Crippen molar-refractivity contribution < 1.29 is 9.59 Å². The Morgan fingerprint density at radius 3 is 1.13 bits per heavy atom. The van der Waals surface area contributed by atoms with Crippen LogP contribution in [0.25, 0.3) is 0 Å². The van der Waals surface area contributed by atoms with E-state index in [2.05, 4.69) is 95.6 Å². The van der Waals surface area contributed by atoms with Gasteiger partial charge in [-0.15, -0.1) is 0 Å². The van der Waals surface area contributed by atoms with Gasteiger partial charge in [0, 0.05) is 38.0 Å². The van der Waals surface area contributed by atoms with Crippen LogP contribution in [0.2, 0.25) is 0 Å². The first-order chi connectivity index (χ1) is 10.7. The second-order valence-corrected chi connectivity index (χ2v) is 9.76. The van der Waals surface area contributed by atoms with Crippen molar-refractivity contribution in [2.45, 2.75) is 6.42 Å². The maximum Gasteiger partial charge on any atom is 0.172 e. The Morgan fingerprint density at radius 1 is 0.609 bits per heavy atom. The fourth-order valence-corrected chi connectivity index (χ4v) is 7.34. The minimum atomic E-state index is -0.261. The van der Waals surface area contributed by atoms with E-state index in [1.807, 2.05) is 0 Å². The van der Waals surface area contributed by atoms with Crippen LogP contribution >= 0.6 is 95.6 Å². The Kier molecular flexibility index (Phi) is 7.26. The molecule has 0 unspecified atom stereocenters. The highest BCUT2D eigenvalue weighted by Gasteiger charge is 2.22. The summed E-state index contributed by atoms with van der Waals surface area (Å²) < 4.78 is 4.18. The van der Waals surface area contributed by atoms with Gasteiger partial charge in [-0.2, -0.15) is 0 Å². The SMILES string of the molecule is O=C(CC(=O)c1c(Br)cc(Br)cc1Br)c1c(Br)cc(Br)cc1Br. The van der Waals surface area contributed by atoms with Crippen LogP contribution in [-0.2, 0) is 0 Å². The van der Waals surface area contributed by atoms with Gasteiger partial charge in [0.25, 0.3) is 0 Å². The lowest BCUT2D eigenvalue weighted by atomic mass is 10.0. The van der Waals surface area contributed by atoms with Gasteiger partial charge in [-0.05, 0) is 88.0 Å². The van der Waals surface area contributed by atoms with Crippen LogP contribution in [-0.4, -0.2) is 11.6 Å². The van der Waals surface area contributed by atoms with E-state index in [0.717, 1.165) is 8.95 Å². The Balaban J connectivity index is 2.33. The van der Waals surface area contributed by atoms with Crippen LogP contribution in [0.1, 0.15) is 27.1 Å². The van der Waals surface area contributed by atoms with Gasteiger partial charge in [0.05, 0.1) is 6.42 Å². The summed E-state index contributed by atoms with van der Waals surface area (Å²) in [4.78, 5) is 25.1. The number of rotatable bonds is 4. The summed E-state index contributed by atoms with van der Waals surface area (Å²) in [5.74, 6) is -0.522. The maximum absolute atomic E-state index is 12.5. The van der Waals surface area contributed by atoms with Gasteiger partial charge < -0.3 is 0 Å². The minimum Gasteiger partial charge on any atom is -0.294 e. The fraction of sp³-hybridized carbons (Fsp3) is 0.0667. The largest absolute Gasteiger partial charge is 0.294 e. The second-order valence-electron chi connectivity index (χ2n) is 4.51. The molecule has 23 heavy (non-hydrogen) atoms. The molecule has 0 aliphatic rings. The van der Waals surface area contributed by atoms with Gasteiger partial charge in [0.15, 0.2) is 11.6 Å². The molecule has 2 aromatic carbocycles. The molecule has 0 spiro atoms. The predicted octanol–water partition coefficient (Wildman–Crippen LogP) is 7.72. The van der Waals surface area contributed by atoms with Crippen molar-refractivity contribution in [1.29, 1.82) is 0 Å². The summed E-state index contributed by atoms with van der Waals surface area (Å²) in [6, 6.07) is 7.09. The van der Waals surface area contributed by atoms with Crippen molar-refractivity contribution in [3.63, 3.8) is 0 Å². The molecule has 2 aromatic rings. The fourth-order valence-electron chi connectivity index (χ4n) is 1.94. The van der Waals surface area contributed by atoms with Crippen LogP contribution in [0, 0.1) is 0 Å². The van der Waals surface area contributed by atoms with Crippen molar-refractivity contribution in [2.24, 2.45) is 0 Å². The van der Waals surface area contributed by atoms with Crippen molar-refractivity contribution in [1.82, 2.24) is 0 Å². The number of hydrogen-bond donors (Lipinski definition) is 0. The predicted molar refractivity (Wildman–Crippen MR) is 112 cm³/mol. The lowest BCUT2D eigenvalue weighted by molar-refractivity contribution is 0.0892. The van der Waals surface area contributed by atoms with E-state index in [-0.39, 0.29) is 18.0 Å². The molecule has 0 saturated carbocycles. The third-order valence-corrected chi connectivity index (χ3v) is 6.31. The zero-order valence-electron chi connectivity index (χ0n) is 11.1. The molecular formula is C15H6Br6O2. The van der Waals surface area contributed by atoms with E-state index in [1.165, 1.54) is 0 Å². The quantitative estimate of drug-likeness (QED) is 0.242. The van der Waals surface area contributed by atoms with E-state index in [1.54, 1.807) is 24.3 Å². The third-order valence-electron chi connectivity index (χ3n) is 2.89.